The van der Waals surface area contributed by atoms with Crippen molar-refractivity contribution in [1.29, 1.82) is 0 Å². The van der Waals surface area contributed by atoms with Gasteiger partial charge in [-0.3, -0.25) is 4.39 Å². The fourth-order valence-corrected chi connectivity index (χ4v) is 0.357. The van der Waals surface area contributed by atoms with Gasteiger partial charge in [-0.2, -0.15) is 0 Å². The molecule has 3 heteroatoms. The highest BCUT2D eigenvalue weighted by molar-refractivity contribution is 7.93. The van der Waals surface area contributed by atoms with Gasteiger partial charge in [-0.25, -0.2) is 0 Å². The zero-order valence-electron chi connectivity index (χ0n) is 3.35. The lowest BCUT2D eigenvalue weighted by Crippen LogP contribution is -1.77. The lowest BCUT2D eigenvalue weighted by molar-refractivity contribution is 0.487. The number of alkyl halides is 1. The van der Waals surface area contributed by atoms with Crippen LogP contribution in [0.25, 0.3) is 0 Å². The molecule has 0 heterocycles. The summed E-state index contributed by atoms with van der Waals surface area (Å²) in [4.78, 5) is 0. The largest absolute Gasteiger partial charge is 0.330 e. The Hall–Kier alpha value is 0.240. The van der Waals surface area contributed by atoms with Gasteiger partial charge in [0, 0.05) is 5.75 Å². The van der Waals surface area contributed by atoms with Gasteiger partial charge in [0.15, 0.2) is 0 Å². The second-order valence-electron chi connectivity index (χ2n) is 0.876. The first-order valence-corrected chi connectivity index (χ1v) is 2.68. The topological polar surface area (TPSA) is 20.2 Å². The van der Waals surface area contributed by atoms with Crippen LogP contribution in [-0.2, 0) is 0 Å². The molecule has 1 nitrogen and oxygen atoms in total. The fraction of sp³-hybridized carbons (Fsp3) is 1.00. The van der Waals surface area contributed by atoms with Crippen molar-refractivity contribution in [3.05, 3.63) is 0 Å². The van der Waals surface area contributed by atoms with Crippen LogP contribution in [0.15, 0.2) is 0 Å². The second-order valence-corrected chi connectivity index (χ2v) is 1.54. The van der Waals surface area contributed by atoms with E-state index in [2.05, 4.69) is 0 Å². The van der Waals surface area contributed by atoms with Crippen LogP contribution >= 0.6 is 12.0 Å². The summed E-state index contributed by atoms with van der Waals surface area (Å²) >= 11 is 0.686. The molecule has 0 amide bonds. The molecule has 0 aromatic rings. The van der Waals surface area contributed by atoms with Crippen molar-refractivity contribution in [2.75, 3.05) is 12.4 Å². The van der Waals surface area contributed by atoms with Gasteiger partial charge in [0.2, 0.25) is 0 Å². The van der Waals surface area contributed by atoms with Crippen LogP contribution in [0.3, 0.4) is 0 Å². The second kappa shape index (κ2) is 5.24. The molecule has 0 aliphatic heterocycles. The Morgan fingerprint density at radius 3 is 2.50 bits per heavy atom. The zero-order valence-corrected chi connectivity index (χ0v) is 4.17. The Balaban J connectivity index is 2.34. The van der Waals surface area contributed by atoms with Crippen molar-refractivity contribution in [1.82, 2.24) is 0 Å². The fourth-order valence-electron chi connectivity index (χ4n) is 0.119. The van der Waals surface area contributed by atoms with Gasteiger partial charge in [-0.15, -0.1) is 0 Å². The predicted molar refractivity (Wildman–Crippen MR) is 25.7 cm³/mol. The highest BCUT2D eigenvalue weighted by Gasteiger charge is 1.79. The summed E-state index contributed by atoms with van der Waals surface area (Å²) < 4.78 is 19.0. The lowest BCUT2D eigenvalue weighted by Gasteiger charge is -1.82. The van der Waals surface area contributed by atoms with Gasteiger partial charge < -0.3 is 4.55 Å². The first-order valence-electron chi connectivity index (χ1n) is 1.74. The van der Waals surface area contributed by atoms with Crippen molar-refractivity contribution in [3.63, 3.8) is 0 Å². The van der Waals surface area contributed by atoms with E-state index in [0.717, 1.165) is 0 Å². The molecule has 0 aliphatic carbocycles. The van der Waals surface area contributed by atoms with Gasteiger partial charge in [-0.05, 0) is 18.5 Å². The molecule has 0 fully saturated rings. The molecule has 0 saturated carbocycles. The first-order chi connectivity index (χ1) is 2.91. The summed E-state index contributed by atoms with van der Waals surface area (Å²) in [5.74, 6) is 0.510. The minimum atomic E-state index is -0.326. The Morgan fingerprint density at radius 2 is 2.33 bits per heavy atom. The van der Waals surface area contributed by atoms with E-state index in [1.165, 1.54) is 0 Å². The van der Waals surface area contributed by atoms with Crippen LogP contribution < -0.4 is 0 Å². The van der Waals surface area contributed by atoms with E-state index in [1.807, 2.05) is 0 Å². The molecule has 38 valence electrons. The molecule has 0 aromatic carbocycles. The molecule has 0 bridgehead atoms. The summed E-state index contributed by atoms with van der Waals surface area (Å²) in [6.07, 6.45) is 0.459. The third-order valence-electron chi connectivity index (χ3n) is 0.369. The van der Waals surface area contributed by atoms with Crippen molar-refractivity contribution < 1.29 is 8.94 Å². The van der Waals surface area contributed by atoms with E-state index < -0.39 is 0 Å². The molecule has 0 rings (SSSR count). The molecular formula is C3H7FOS. The van der Waals surface area contributed by atoms with Gasteiger partial charge in [0.25, 0.3) is 0 Å². The molecular weight excluding hydrogens is 103 g/mol. The summed E-state index contributed by atoms with van der Waals surface area (Å²) in [5, 5.41) is 0. The van der Waals surface area contributed by atoms with Gasteiger partial charge in [0.05, 0.1) is 6.67 Å². The highest BCUT2D eigenvalue weighted by Crippen LogP contribution is 1.93. The normalized spacial score (nSPS) is 9.00. The minimum absolute atomic E-state index is 0.326. The maximum atomic E-state index is 11.1. The predicted octanol–water partition coefficient (Wildman–Crippen LogP) is 1.55. The Kier molecular flexibility index (Phi) is 5.45. The van der Waals surface area contributed by atoms with Crippen LogP contribution in [0.5, 0.6) is 0 Å². The standard InChI is InChI=1S/C3H7FOS/c4-2-1-3-6-5/h5H,1-3H2. The Bertz CT molecular complexity index is 22.8. The smallest absolute Gasteiger partial charge is 0.0903 e. The average Bonchev–Trinajstić information content (AvgIpc) is 1.61. The van der Waals surface area contributed by atoms with E-state index in [0.29, 0.717) is 24.2 Å². The van der Waals surface area contributed by atoms with Crippen LogP contribution in [0, 0.1) is 0 Å². The average molecular weight is 110 g/mol. The number of hydrogen-bond acceptors (Lipinski definition) is 2. The van der Waals surface area contributed by atoms with Gasteiger partial charge in [-0.1, -0.05) is 0 Å². The van der Waals surface area contributed by atoms with E-state index in [-0.39, 0.29) is 6.67 Å². The summed E-state index contributed by atoms with van der Waals surface area (Å²) in [6.45, 7) is -0.326. The SMILES string of the molecule is OSCCCF. The molecule has 0 spiro atoms. The number of rotatable bonds is 3. The van der Waals surface area contributed by atoms with E-state index >= 15 is 0 Å². The van der Waals surface area contributed by atoms with Crippen molar-refractivity contribution in [2.45, 2.75) is 6.42 Å². The van der Waals surface area contributed by atoms with E-state index in [9.17, 15) is 4.39 Å². The monoisotopic (exact) mass is 110 g/mol. The van der Waals surface area contributed by atoms with Gasteiger partial charge in [0.1, 0.15) is 0 Å². The maximum absolute atomic E-state index is 11.1. The zero-order chi connectivity index (χ0) is 4.83. The quantitative estimate of drug-likeness (QED) is 0.439. The minimum Gasteiger partial charge on any atom is -0.330 e. The van der Waals surface area contributed by atoms with E-state index in [1.54, 1.807) is 0 Å². The third-order valence-corrected chi connectivity index (χ3v) is 0.841. The van der Waals surface area contributed by atoms with Gasteiger partial charge >= 0.3 is 0 Å². The molecule has 0 aliphatic rings. The maximum Gasteiger partial charge on any atom is 0.0903 e. The van der Waals surface area contributed by atoms with Crippen LogP contribution in [0.4, 0.5) is 4.39 Å². The van der Waals surface area contributed by atoms with Crippen molar-refractivity contribution >= 4 is 12.0 Å². The summed E-state index contributed by atoms with van der Waals surface area (Å²) in [7, 11) is 0. The highest BCUT2D eigenvalue weighted by atomic mass is 32.2. The van der Waals surface area contributed by atoms with Crippen LogP contribution in [-0.4, -0.2) is 17.0 Å². The van der Waals surface area contributed by atoms with Crippen LogP contribution in [0.1, 0.15) is 6.42 Å². The summed E-state index contributed by atoms with van der Waals surface area (Å²) in [6, 6.07) is 0. The van der Waals surface area contributed by atoms with Crippen LogP contribution in [0.2, 0.25) is 0 Å². The van der Waals surface area contributed by atoms with Crippen molar-refractivity contribution in [2.24, 2.45) is 0 Å². The third kappa shape index (κ3) is 4.24. The number of halogens is 1. The molecule has 0 radical (unpaired) electrons. The van der Waals surface area contributed by atoms with Crippen molar-refractivity contribution in [3.8, 4) is 0 Å². The molecule has 0 atom stereocenters. The lowest BCUT2D eigenvalue weighted by atomic mass is 10.6. The molecule has 6 heavy (non-hydrogen) atoms. The molecule has 0 unspecified atom stereocenters. The van der Waals surface area contributed by atoms with E-state index in [4.69, 9.17) is 4.55 Å². The summed E-state index contributed by atoms with van der Waals surface area (Å²) in [5.41, 5.74) is 0. The Morgan fingerprint density at radius 1 is 1.67 bits per heavy atom. The Labute approximate surface area is 40.8 Å². The molecule has 0 aromatic heterocycles. The first kappa shape index (κ1) is 6.24. The molecule has 0 saturated heterocycles. The number of hydrogen-bond donors (Lipinski definition) is 1. The molecule has 1 N–H and O–H groups in total.